The molecule has 3 aromatic rings. The Hall–Kier alpha value is -4.08. The van der Waals surface area contributed by atoms with Crippen LogP contribution in [-0.4, -0.2) is 0 Å². The van der Waals surface area contributed by atoms with E-state index in [-0.39, 0.29) is 11.1 Å². The lowest BCUT2D eigenvalue weighted by atomic mass is 10.0. The largest absolute Gasteiger partial charge is 0.347 e. The van der Waals surface area contributed by atoms with Gasteiger partial charge in [0, 0.05) is 9.79 Å². The molecule has 5 rings (SSSR count). The fourth-order valence-electron chi connectivity index (χ4n) is 3.49. The van der Waals surface area contributed by atoms with Crippen LogP contribution in [0, 0.1) is 45.3 Å². The molecule has 138 valence electrons. The van der Waals surface area contributed by atoms with E-state index in [0.717, 1.165) is 42.7 Å². The maximum Gasteiger partial charge on any atom is 0.160 e. The van der Waals surface area contributed by atoms with Gasteiger partial charge in [-0.25, -0.2) is 0 Å². The molecule has 0 aromatic heterocycles. The number of hydrogen-bond donors (Lipinski definition) is 2. The van der Waals surface area contributed by atoms with Gasteiger partial charge >= 0.3 is 0 Å². The number of benzene rings is 3. The van der Waals surface area contributed by atoms with Crippen molar-refractivity contribution in [1.29, 1.82) is 21.0 Å². The van der Waals surface area contributed by atoms with Crippen LogP contribution in [0.15, 0.2) is 67.4 Å². The van der Waals surface area contributed by atoms with Gasteiger partial charge in [-0.05, 0) is 45.8 Å². The third-order valence-corrected chi connectivity index (χ3v) is 7.17. The number of fused-ring (bicyclic) bond motifs is 6. The van der Waals surface area contributed by atoms with Gasteiger partial charge in [0.1, 0.15) is 34.3 Å². The van der Waals surface area contributed by atoms with Gasteiger partial charge in [-0.2, -0.15) is 21.0 Å². The van der Waals surface area contributed by atoms with Crippen LogP contribution in [0.4, 0.5) is 11.4 Å². The quantitative estimate of drug-likeness (QED) is 0.359. The summed E-state index contributed by atoms with van der Waals surface area (Å²) in [7, 11) is 0. The lowest BCUT2D eigenvalue weighted by Crippen LogP contribution is -1.92. The summed E-state index contributed by atoms with van der Waals surface area (Å²) in [5.74, 6) is 0. The third-order valence-electron chi connectivity index (χ3n) is 4.87. The molecule has 0 unspecified atom stereocenters. The molecule has 0 saturated heterocycles. The molecule has 8 heteroatoms. The van der Waals surface area contributed by atoms with Gasteiger partial charge in [-0.3, -0.25) is 0 Å². The Kier molecular flexibility index (Phi) is 4.05. The maximum atomic E-state index is 9.17. The SMILES string of the molecule is N#CC(C#N)=C1Nc2ccc3cc4c5c(ccc4cc3c2S1)NC(=C(C#N)C#N)S5. The van der Waals surface area contributed by atoms with Crippen molar-refractivity contribution < 1.29 is 0 Å². The van der Waals surface area contributed by atoms with Crippen LogP contribution in [0.25, 0.3) is 21.5 Å². The van der Waals surface area contributed by atoms with Crippen molar-refractivity contribution in [2.45, 2.75) is 9.79 Å². The lowest BCUT2D eigenvalue weighted by molar-refractivity contribution is 1.43. The summed E-state index contributed by atoms with van der Waals surface area (Å²) in [6, 6.07) is 19.8. The number of rotatable bonds is 0. The van der Waals surface area contributed by atoms with Crippen molar-refractivity contribution in [3.63, 3.8) is 0 Å². The van der Waals surface area contributed by atoms with Crippen molar-refractivity contribution >= 4 is 56.4 Å². The van der Waals surface area contributed by atoms with Crippen LogP contribution in [0.1, 0.15) is 0 Å². The summed E-state index contributed by atoms with van der Waals surface area (Å²) in [6.07, 6.45) is 0. The summed E-state index contributed by atoms with van der Waals surface area (Å²) in [4.78, 5) is 1.96. The zero-order valence-corrected chi connectivity index (χ0v) is 16.7. The zero-order valence-electron chi connectivity index (χ0n) is 15.1. The molecule has 0 bridgehead atoms. The normalized spacial score (nSPS) is 13.3. The smallest absolute Gasteiger partial charge is 0.160 e. The molecule has 2 aliphatic heterocycles. The number of thioether (sulfide) groups is 2. The average Bonchev–Trinajstić information content (AvgIpc) is 3.39. The number of hydrogen-bond acceptors (Lipinski definition) is 8. The topological polar surface area (TPSA) is 119 Å². The van der Waals surface area contributed by atoms with E-state index in [0.29, 0.717) is 10.1 Å². The Morgan fingerprint density at radius 3 is 1.40 bits per heavy atom. The van der Waals surface area contributed by atoms with E-state index in [2.05, 4.69) is 22.8 Å². The van der Waals surface area contributed by atoms with Crippen LogP contribution < -0.4 is 10.6 Å². The summed E-state index contributed by atoms with van der Waals surface area (Å²) in [6.45, 7) is 0. The molecule has 0 spiro atoms. The second kappa shape index (κ2) is 6.76. The highest BCUT2D eigenvalue weighted by atomic mass is 32.2. The third kappa shape index (κ3) is 2.57. The van der Waals surface area contributed by atoms with E-state index in [1.54, 1.807) is 0 Å². The fourth-order valence-corrected chi connectivity index (χ4v) is 5.64. The fraction of sp³-hybridized carbons (Fsp3) is 0. The summed E-state index contributed by atoms with van der Waals surface area (Å²) in [5, 5.41) is 48.2. The van der Waals surface area contributed by atoms with Crippen LogP contribution in [-0.2, 0) is 0 Å². The molecule has 3 aromatic carbocycles. The van der Waals surface area contributed by atoms with Crippen molar-refractivity contribution in [2.75, 3.05) is 10.6 Å². The zero-order chi connectivity index (χ0) is 20.8. The minimum atomic E-state index is 0.0653. The molecule has 0 radical (unpaired) electrons. The molecular formula is C22H8N6S2. The van der Waals surface area contributed by atoms with Gasteiger partial charge in [-0.15, -0.1) is 0 Å². The minimum absolute atomic E-state index is 0.0653. The molecule has 0 fully saturated rings. The maximum absolute atomic E-state index is 9.17. The molecule has 2 N–H and O–H groups in total. The number of nitrogens with one attached hydrogen (secondary N) is 2. The van der Waals surface area contributed by atoms with Crippen molar-refractivity contribution in [2.24, 2.45) is 0 Å². The number of nitriles is 4. The van der Waals surface area contributed by atoms with Crippen LogP contribution in [0.5, 0.6) is 0 Å². The molecule has 6 nitrogen and oxygen atoms in total. The van der Waals surface area contributed by atoms with E-state index in [4.69, 9.17) is 21.0 Å². The second-order valence-corrected chi connectivity index (χ2v) is 8.53. The molecule has 0 atom stereocenters. The number of allylic oxidation sites excluding steroid dienone is 2. The first kappa shape index (κ1) is 18.0. The minimum Gasteiger partial charge on any atom is -0.347 e. The second-order valence-electron chi connectivity index (χ2n) is 6.49. The van der Waals surface area contributed by atoms with Gasteiger partial charge < -0.3 is 10.6 Å². The van der Waals surface area contributed by atoms with Gasteiger partial charge in [0.05, 0.1) is 11.4 Å². The first-order valence-electron chi connectivity index (χ1n) is 8.69. The Morgan fingerprint density at radius 2 is 1.03 bits per heavy atom. The predicted octanol–water partition coefficient (Wildman–Crippen LogP) is 5.55. The van der Waals surface area contributed by atoms with E-state index < -0.39 is 0 Å². The first-order valence-corrected chi connectivity index (χ1v) is 10.3. The molecule has 30 heavy (non-hydrogen) atoms. The van der Waals surface area contributed by atoms with Crippen LogP contribution in [0.3, 0.4) is 0 Å². The van der Waals surface area contributed by atoms with E-state index >= 15 is 0 Å². The number of nitrogens with zero attached hydrogens (tertiary/aromatic N) is 4. The monoisotopic (exact) mass is 420 g/mol. The number of anilines is 2. The van der Waals surface area contributed by atoms with E-state index in [1.807, 2.05) is 48.5 Å². The van der Waals surface area contributed by atoms with Crippen molar-refractivity contribution in [1.82, 2.24) is 0 Å². The molecule has 2 heterocycles. The Bertz CT molecular complexity index is 1390. The molecule has 0 saturated carbocycles. The standard InChI is InChI=1S/C22H8N6S2/c23-7-13(8-24)21-27-17-3-1-11-5-16-12(6-15(11)19(17)29-21)2-4-18-20(16)30-22(28-18)14(9-25)10-26/h1-6,27-28H. The Labute approximate surface area is 179 Å². The Morgan fingerprint density at radius 1 is 0.633 bits per heavy atom. The Balaban J connectivity index is 1.69. The van der Waals surface area contributed by atoms with Gasteiger partial charge in [0.15, 0.2) is 11.1 Å². The van der Waals surface area contributed by atoms with E-state index in [9.17, 15) is 0 Å². The highest BCUT2D eigenvalue weighted by molar-refractivity contribution is 8.04. The summed E-state index contributed by atoms with van der Waals surface area (Å²) < 4.78 is 0. The van der Waals surface area contributed by atoms with Crippen LogP contribution in [0.2, 0.25) is 0 Å². The van der Waals surface area contributed by atoms with Gasteiger partial charge in [-0.1, -0.05) is 35.7 Å². The molecule has 0 aliphatic carbocycles. The average molecular weight is 420 g/mol. The van der Waals surface area contributed by atoms with Crippen molar-refractivity contribution in [3.05, 3.63) is 57.6 Å². The van der Waals surface area contributed by atoms with Gasteiger partial charge in [0.25, 0.3) is 0 Å². The molecule has 0 amide bonds. The van der Waals surface area contributed by atoms with E-state index in [1.165, 1.54) is 23.5 Å². The lowest BCUT2D eigenvalue weighted by Gasteiger charge is -2.09. The van der Waals surface area contributed by atoms with Gasteiger partial charge in [0.2, 0.25) is 0 Å². The highest BCUT2D eigenvalue weighted by Gasteiger charge is 2.25. The first-order chi connectivity index (χ1) is 14.7. The molecular weight excluding hydrogens is 412 g/mol. The summed E-state index contributed by atoms with van der Waals surface area (Å²) in [5.41, 5.74) is 1.88. The molecule has 2 aliphatic rings. The summed E-state index contributed by atoms with van der Waals surface area (Å²) >= 11 is 2.79. The predicted molar refractivity (Wildman–Crippen MR) is 117 cm³/mol. The van der Waals surface area contributed by atoms with Crippen molar-refractivity contribution in [3.8, 4) is 24.3 Å². The van der Waals surface area contributed by atoms with Crippen LogP contribution >= 0.6 is 23.5 Å². The highest BCUT2D eigenvalue weighted by Crippen LogP contribution is 2.50.